The number of nitrogens with zero attached hydrogens (tertiary/aromatic N) is 4. The van der Waals surface area contributed by atoms with E-state index in [9.17, 15) is 9.18 Å². The second kappa shape index (κ2) is 6.88. The molecular formula is C23H21FN4O. The first-order valence-electron chi connectivity index (χ1n) is 9.84. The maximum atomic E-state index is 13.2. The Hall–Kier alpha value is -3.41. The molecule has 6 heteroatoms. The number of rotatable bonds is 3. The summed E-state index contributed by atoms with van der Waals surface area (Å²) >= 11 is 0. The van der Waals surface area contributed by atoms with Crippen LogP contribution in [0.2, 0.25) is 0 Å². The van der Waals surface area contributed by atoms with Crippen LogP contribution >= 0.6 is 0 Å². The van der Waals surface area contributed by atoms with E-state index < -0.39 is 0 Å². The SMILES string of the molecule is CC1CCCN1C(=O)c1ccn(-c2ccc3ccc(-c4ccc(F)cc4)cn23)n1. The van der Waals surface area contributed by atoms with Crippen molar-refractivity contribution >= 4 is 11.4 Å². The van der Waals surface area contributed by atoms with E-state index in [1.807, 2.05) is 46.0 Å². The van der Waals surface area contributed by atoms with Gasteiger partial charge in [0.15, 0.2) is 5.69 Å². The van der Waals surface area contributed by atoms with Crippen molar-refractivity contribution in [2.75, 3.05) is 6.54 Å². The van der Waals surface area contributed by atoms with Crippen LogP contribution in [0, 0.1) is 5.82 Å². The fourth-order valence-electron chi connectivity index (χ4n) is 4.03. The molecule has 0 saturated carbocycles. The summed E-state index contributed by atoms with van der Waals surface area (Å²) in [6, 6.07) is 16.5. The Morgan fingerprint density at radius 2 is 1.79 bits per heavy atom. The highest BCUT2D eigenvalue weighted by Gasteiger charge is 2.27. The fourth-order valence-corrected chi connectivity index (χ4v) is 4.03. The Labute approximate surface area is 168 Å². The van der Waals surface area contributed by atoms with Crippen LogP contribution < -0.4 is 0 Å². The molecule has 0 radical (unpaired) electrons. The summed E-state index contributed by atoms with van der Waals surface area (Å²) in [5.41, 5.74) is 3.39. The molecule has 1 amide bonds. The molecule has 0 N–H and O–H groups in total. The summed E-state index contributed by atoms with van der Waals surface area (Å²) in [5.74, 6) is 0.580. The van der Waals surface area contributed by atoms with Crippen molar-refractivity contribution in [3.8, 4) is 16.9 Å². The molecule has 4 heterocycles. The molecule has 146 valence electrons. The van der Waals surface area contributed by atoms with E-state index >= 15 is 0 Å². The van der Waals surface area contributed by atoms with E-state index in [0.717, 1.165) is 41.8 Å². The van der Waals surface area contributed by atoms with Gasteiger partial charge in [0, 0.05) is 30.5 Å². The zero-order chi connectivity index (χ0) is 20.0. The molecule has 1 unspecified atom stereocenters. The molecule has 0 bridgehead atoms. The summed E-state index contributed by atoms with van der Waals surface area (Å²) in [5, 5.41) is 4.55. The van der Waals surface area contributed by atoms with Gasteiger partial charge in [-0.05, 0) is 67.3 Å². The van der Waals surface area contributed by atoms with E-state index in [0.29, 0.717) is 5.69 Å². The number of aromatic nitrogens is 3. The maximum Gasteiger partial charge on any atom is 0.274 e. The molecule has 3 aromatic heterocycles. The van der Waals surface area contributed by atoms with Crippen LogP contribution in [0.25, 0.3) is 22.5 Å². The normalized spacial score (nSPS) is 16.6. The Morgan fingerprint density at radius 3 is 2.55 bits per heavy atom. The summed E-state index contributed by atoms with van der Waals surface area (Å²) < 4.78 is 17.0. The molecule has 5 rings (SSSR count). The topological polar surface area (TPSA) is 42.5 Å². The molecule has 1 aliphatic heterocycles. The quantitative estimate of drug-likeness (QED) is 0.517. The second-order valence-electron chi connectivity index (χ2n) is 7.55. The number of amides is 1. The number of hydrogen-bond acceptors (Lipinski definition) is 2. The smallest absolute Gasteiger partial charge is 0.274 e. The van der Waals surface area contributed by atoms with Crippen LogP contribution in [-0.2, 0) is 0 Å². The Bertz CT molecular complexity index is 1190. The molecule has 0 spiro atoms. The van der Waals surface area contributed by atoms with Crippen LogP contribution in [0.3, 0.4) is 0 Å². The van der Waals surface area contributed by atoms with Crippen molar-refractivity contribution in [3.05, 3.63) is 78.5 Å². The van der Waals surface area contributed by atoms with Gasteiger partial charge in [-0.1, -0.05) is 18.2 Å². The van der Waals surface area contributed by atoms with Crippen molar-refractivity contribution < 1.29 is 9.18 Å². The predicted octanol–water partition coefficient (Wildman–Crippen LogP) is 4.56. The van der Waals surface area contributed by atoms with E-state index in [2.05, 4.69) is 12.0 Å². The molecule has 1 atom stereocenters. The first kappa shape index (κ1) is 17.7. The molecule has 4 aromatic rings. The lowest BCUT2D eigenvalue weighted by molar-refractivity contribution is 0.0741. The van der Waals surface area contributed by atoms with Crippen molar-refractivity contribution in [1.82, 2.24) is 19.1 Å². The van der Waals surface area contributed by atoms with Gasteiger partial charge in [0.05, 0.1) is 0 Å². The van der Waals surface area contributed by atoms with Crippen molar-refractivity contribution in [2.24, 2.45) is 0 Å². The van der Waals surface area contributed by atoms with Gasteiger partial charge in [-0.15, -0.1) is 0 Å². The average molecular weight is 388 g/mol. The average Bonchev–Trinajstić information content (AvgIpc) is 3.46. The van der Waals surface area contributed by atoms with Gasteiger partial charge in [-0.25, -0.2) is 9.07 Å². The predicted molar refractivity (Wildman–Crippen MR) is 110 cm³/mol. The third-order valence-electron chi connectivity index (χ3n) is 5.66. The summed E-state index contributed by atoms with van der Waals surface area (Å²) in [7, 11) is 0. The number of benzene rings is 1. The van der Waals surface area contributed by atoms with Crippen LogP contribution in [0.5, 0.6) is 0 Å². The van der Waals surface area contributed by atoms with Gasteiger partial charge in [0.2, 0.25) is 0 Å². The number of halogens is 1. The molecule has 1 saturated heterocycles. The third-order valence-corrected chi connectivity index (χ3v) is 5.66. The number of carbonyl (C=O) groups is 1. The van der Waals surface area contributed by atoms with E-state index in [1.54, 1.807) is 22.9 Å². The maximum absolute atomic E-state index is 13.2. The molecule has 0 aliphatic carbocycles. The highest BCUT2D eigenvalue weighted by atomic mass is 19.1. The monoisotopic (exact) mass is 388 g/mol. The first-order chi connectivity index (χ1) is 14.1. The lowest BCUT2D eigenvalue weighted by Crippen LogP contribution is -2.33. The number of likely N-dealkylation sites (tertiary alicyclic amines) is 1. The molecule has 29 heavy (non-hydrogen) atoms. The number of carbonyl (C=O) groups excluding carboxylic acids is 1. The fraction of sp³-hybridized carbons (Fsp3) is 0.217. The molecule has 5 nitrogen and oxygen atoms in total. The van der Waals surface area contributed by atoms with Crippen molar-refractivity contribution in [3.63, 3.8) is 0 Å². The van der Waals surface area contributed by atoms with Crippen LogP contribution in [0.4, 0.5) is 4.39 Å². The van der Waals surface area contributed by atoms with Gasteiger partial charge in [0.25, 0.3) is 5.91 Å². The van der Waals surface area contributed by atoms with Gasteiger partial charge in [-0.3, -0.25) is 4.79 Å². The summed E-state index contributed by atoms with van der Waals surface area (Å²) in [6.07, 6.45) is 5.91. The zero-order valence-corrected chi connectivity index (χ0v) is 16.1. The van der Waals surface area contributed by atoms with E-state index in [4.69, 9.17) is 0 Å². The Kier molecular flexibility index (Phi) is 4.19. The Balaban J connectivity index is 1.50. The molecule has 1 fully saturated rings. The Morgan fingerprint density at radius 1 is 1.03 bits per heavy atom. The van der Waals surface area contributed by atoms with Crippen LogP contribution in [0.1, 0.15) is 30.3 Å². The second-order valence-corrected chi connectivity index (χ2v) is 7.55. The van der Waals surface area contributed by atoms with Gasteiger partial charge in [-0.2, -0.15) is 5.10 Å². The largest absolute Gasteiger partial charge is 0.335 e. The van der Waals surface area contributed by atoms with Gasteiger partial charge >= 0.3 is 0 Å². The highest BCUT2D eigenvalue weighted by Crippen LogP contribution is 2.24. The first-order valence-corrected chi connectivity index (χ1v) is 9.84. The van der Waals surface area contributed by atoms with E-state index in [1.165, 1.54) is 12.1 Å². The van der Waals surface area contributed by atoms with Crippen LogP contribution in [0.15, 0.2) is 67.0 Å². The molecule has 1 aromatic carbocycles. The lowest BCUT2D eigenvalue weighted by atomic mass is 10.1. The minimum atomic E-state index is -0.252. The minimum Gasteiger partial charge on any atom is -0.335 e. The zero-order valence-electron chi connectivity index (χ0n) is 16.1. The van der Waals surface area contributed by atoms with Gasteiger partial charge in [0.1, 0.15) is 11.6 Å². The van der Waals surface area contributed by atoms with Gasteiger partial charge < -0.3 is 9.30 Å². The van der Waals surface area contributed by atoms with E-state index in [-0.39, 0.29) is 17.8 Å². The van der Waals surface area contributed by atoms with Crippen molar-refractivity contribution in [2.45, 2.75) is 25.8 Å². The summed E-state index contributed by atoms with van der Waals surface area (Å²) in [4.78, 5) is 14.7. The third kappa shape index (κ3) is 3.10. The number of pyridine rings is 1. The summed E-state index contributed by atoms with van der Waals surface area (Å²) in [6.45, 7) is 2.88. The van der Waals surface area contributed by atoms with Crippen molar-refractivity contribution in [1.29, 1.82) is 0 Å². The standard InChI is InChI=1S/C23H21FN4O/c1-16-3-2-13-26(16)23(29)21-12-14-28(25-21)22-11-10-20-9-6-18(15-27(20)22)17-4-7-19(24)8-5-17/h4-12,14-16H,2-3,13H2,1H3. The minimum absolute atomic E-state index is 0.0124. The molecular weight excluding hydrogens is 367 g/mol. The lowest BCUT2D eigenvalue weighted by Gasteiger charge is -2.19. The number of hydrogen-bond donors (Lipinski definition) is 0. The number of fused-ring (bicyclic) bond motifs is 1. The highest BCUT2D eigenvalue weighted by molar-refractivity contribution is 5.92. The van der Waals surface area contributed by atoms with Crippen LogP contribution in [-0.4, -0.2) is 37.6 Å². The molecule has 1 aliphatic rings.